The Hall–Kier alpha value is -2.78. The zero-order valence-electron chi connectivity index (χ0n) is 22.5. The molecule has 0 heterocycles. The van der Waals surface area contributed by atoms with Crippen molar-refractivity contribution in [1.82, 2.24) is 10.2 Å². The summed E-state index contributed by atoms with van der Waals surface area (Å²) in [4.78, 5) is 28.7. The Bertz CT molecular complexity index is 1420. The van der Waals surface area contributed by atoms with Crippen molar-refractivity contribution < 1.29 is 18.0 Å². The molecule has 0 radical (unpaired) electrons. The van der Waals surface area contributed by atoms with Crippen LogP contribution in [0.1, 0.15) is 32.8 Å². The molecule has 3 aromatic carbocycles. The topological polar surface area (TPSA) is 86.8 Å². The van der Waals surface area contributed by atoms with Gasteiger partial charge in [0.1, 0.15) is 12.6 Å². The number of carbonyl (C=O) groups is 2. The minimum absolute atomic E-state index is 0.00913. The smallest absolute Gasteiger partial charge is 0.264 e. The molecule has 40 heavy (non-hydrogen) atoms. The zero-order chi connectivity index (χ0) is 29.4. The first-order valence-electron chi connectivity index (χ1n) is 12.8. The number of rotatable bonds is 12. The zero-order valence-corrected chi connectivity index (χ0v) is 25.6. The summed E-state index contributed by atoms with van der Waals surface area (Å²) >= 11 is 19.3. The lowest BCUT2D eigenvalue weighted by atomic mass is 10.1. The standard InChI is InChI=1S/C29H32Cl3N3O4S/c1-4-26(29(37)33-17-20(2)3)34(18-22-23(30)14-10-15-24(22)31)28(36)19-35(27-16-9-8-13-25(27)32)40(38,39)21-11-6-5-7-12-21/h5-16,20,26H,4,17-19H2,1-3H3,(H,33,37)/t26-/m0/s1. The molecule has 2 amide bonds. The van der Waals surface area contributed by atoms with E-state index in [0.29, 0.717) is 22.2 Å². The SMILES string of the molecule is CC[C@@H](C(=O)NCC(C)C)N(Cc1c(Cl)cccc1Cl)C(=O)CN(c1ccccc1Cl)S(=O)(=O)c1ccccc1. The van der Waals surface area contributed by atoms with Gasteiger partial charge in [0.15, 0.2) is 0 Å². The Morgan fingerprint density at radius 1 is 0.850 bits per heavy atom. The first-order chi connectivity index (χ1) is 19.0. The van der Waals surface area contributed by atoms with Gasteiger partial charge in [0, 0.05) is 28.7 Å². The van der Waals surface area contributed by atoms with Crippen LogP contribution in [-0.4, -0.2) is 44.3 Å². The van der Waals surface area contributed by atoms with Gasteiger partial charge >= 0.3 is 0 Å². The highest BCUT2D eigenvalue weighted by molar-refractivity contribution is 7.92. The lowest BCUT2D eigenvalue weighted by Gasteiger charge is -2.34. The maximum absolute atomic E-state index is 14.1. The van der Waals surface area contributed by atoms with Crippen LogP contribution in [0.15, 0.2) is 77.7 Å². The fourth-order valence-corrected chi connectivity index (χ4v) is 6.34. The van der Waals surface area contributed by atoms with Crippen LogP contribution in [-0.2, 0) is 26.2 Å². The largest absolute Gasteiger partial charge is 0.354 e. The number of nitrogens with zero attached hydrogens (tertiary/aromatic N) is 2. The molecule has 0 aliphatic heterocycles. The summed E-state index contributed by atoms with van der Waals surface area (Å²) < 4.78 is 28.6. The third kappa shape index (κ3) is 7.69. The molecule has 3 aromatic rings. The lowest BCUT2D eigenvalue weighted by molar-refractivity contribution is -0.140. The molecule has 0 aliphatic rings. The molecule has 0 aliphatic carbocycles. The van der Waals surface area contributed by atoms with Gasteiger partial charge in [-0.1, -0.05) is 92.0 Å². The molecule has 7 nitrogen and oxygen atoms in total. The van der Waals surface area contributed by atoms with E-state index in [1.807, 2.05) is 13.8 Å². The van der Waals surface area contributed by atoms with Gasteiger partial charge in [0.05, 0.1) is 15.6 Å². The second-order valence-electron chi connectivity index (χ2n) is 9.56. The van der Waals surface area contributed by atoms with Crippen LogP contribution in [0.25, 0.3) is 0 Å². The van der Waals surface area contributed by atoms with E-state index in [4.69, 9.17) is 34.8 Å². The summed E-state index contributed by atoms with van der Waals surface area (Å²) in [5, 5.41) is 3.68. The highest BCUT2D eigenvalue weighted by Gasteiger charge is 2.34. The minimum atomic E-state index is -4.22. The molecule has 0 aromatic heterocycles. The van der Waals surface area contributed by atoms with E-state index in [-0.39, 0.29) is 40.4 Å². The van der Waals surface area contributed by atoms with Crippen molar-refractivity contribution in [2.24, 2.45) is 5.92 Å². The minimum Gasteiger partial charge on any atom is -0.354 e. The number of sulfonamides is 1. The molecule has 0 fully saturated rings. The maximum Gasteiger partial charge on any atom is 0.264 e. The normalized spacial score (nSPS) is 12.2. The van der Waals surface area contributed by atoms with Crippen molar-refractivity contribution in [3.8, 4) is 0 Å². The van der Waals surface area contributed by atoms with Crippen molar-refractivity contribution in [3.63, 3.8) is 0 Å². The number of para-hydroxylation sites is 1. The molecule has 0 saturated carbocycles. The van der Waals surface area contributed by atoms with E-state index in [0.717, 1.165) is 4.31 Å². The van der Waals surface area contributed by atoms with Crippen molar-refractivity contribution in [1.29, 1.82) is 0 Å². The first-order valence-corrected chi connectivity index (χ1v) is 15.4. The summed E-state index contributed by atoms with van der Waals surface area (Å²) in [6.45, 7) is 5.40. The average Bonchev–Trinajstić information content (AvgIpc) is 2.92. The summed E-state index contributed by atoms with van der Waals surface area (Å²) in [6.07, 6.45) is 0.273. The number of hydrogen-bond donors (Lipinski definition) is 1. The van der Waals surface area contributed by atoms with Gasteiger partial charge in [-0.2, -0.15) is 0 Å². The molecule has 0 bridgehead atoms. The number of amides is 2. The third-order valence-electron chi connectivity index (χ3n) is 6.19. The monoisotopic (exact) mass is 623 g/mol. The Morgan fingerprint density at radius 2 is 1.43 bits per heavy atom. The van der Waals surface area contributed by atoms with Crippen LogP contribution < -0.4 is 9.62 Å². The van der Waals surface area contributed by atoms with Gasteiger partial charge in [-0.3, -0.25) is 13.9 Å². The number of halogens is 3. The quantitative estimate of drug-likeness (QED) is 0.252. The van der Waals surface area contributed by atoms with Crippen LogP contribution in [0.2, 0.25) is 15.1 Å². The Labute approximate surface area is 251 Å². The summed E-state index contributed by atoms with van der Waals surface area (Å²) in [5.74, 6) is -0.791. The Balaban J connectivity index is 2.09. The molecule has 3 rings (SSSR count). The molecule has 1 atom stereocenters. The molecule has 11 heteroatoms. The summed E-state index contributed by atoms with van der Waals surface area (Å²) in [6, 6.07) is 18.2. The van der Waals surface area contributed by atoms with Crippen LogP contribution in [0, 0.1) is 5.92 Å². The van der Waals surface area contributed by atoms with Gasteiger partial charge in [0.2, 0.25) is 11.8 Å². The highest BCUT2D eigenvalue weighted by Crippen LogP contribution is 2.32. The van der Waals surface area contributed by atoms with Crippen LogP contribution in [0.4, 0.5) is 5.69 Å². The maximum atomic E-state index is 14.1. The predicted molar refractivity (Wildman–Crippen MR) is 161 cm³/mol. The van der Waals surface area contributed by atoms with Gasteiger partial charge in [-0.25, -0.2) is 8.42 Å². The van der Waals surface area contributed by atoms with Crippen molar-refractivity contribution in [3.05, 3.63) is 93.4 Å². The van der Waals surface area contributed by atoms with E-state index >= 15 is 0 Å². The van der Waals surface area contributed by atoms with E-state index in [9.17, 15) is 18.0 Å². The van der Waals surface area contributed by atoms with E-state index < -0.39 is 28.5 Å². The second-order valence-corrected chi connectivity index (χ2v) is 12.6. The predicted octanol–water partition coefficient (Wildman–Crippen LogP) is 6.42. The molecule has 0 unspecified atom stereocenters. The lowest BCUT2D eigenvalue weighted by Crippen LogP contribution is -2.52. The first kappa shape index (κ1) is 31.7. The third-order valence-corrected chi connectivity index (χ3v) is 8.99. The average molecular weight is 625 g/mol. The van der Waals surface area contributed by atoms with Crippen molar-refractivity contribution in [2.75, 3.05) is 17.4 Å². The van der Waals surface area contributed by atoms with Gasteiger partial charge in [0.25, 0.3) is 10.0 Å². The van der Waals surface area contributed by atoms with Crippen LogP contribution in [0.5, 0.6) is 0 Å². The number of anilines is 1. The van der Waals surface area contributed by atoms with Crippen molar-refractivity contribution >= 4 is 62.3 Å². The van der Waals surface area contributed by atoms with Crippen LogP contribution >= 0.6 is 34.8 Å². The van der Waals surface area contributed by atoms with Gasteiger partial charge in [-0.15, -0.1) is 0 Å². The number of hydrogen-bond acceptors (Lipinski definition) is 4. The van der Waals surface area contributed by atoms with E-state index in [1.165, 1.54) is 23.1 Å². The molecule has 1 N–H and O–H groups in total. The van der Waals surface area contributed by atoms with E-state index in [1.54, 1.807) is 61.5 Å². The summed E-state index contributed by atoms with van der Waals surface area (Å²) in [5.41, 5.74) is 0.582. The number of nitrogens with one attached hydrogen (secondary N) is 1. The Kier molecular flexibility index (Phi) is 11.3. The van der Waals surface area contributed by atoms with Crippen LogP contribution in [0.3, 0.4) is 0 Å². The molecule has 214 valence electrons. The Morgan fingerprint density at radius 3 is 2.00 bits per heavy atom. The molecular formula is C29H32Cl3N3O4S. The molecular weight excluding hydrogens is 593 g/mol. The number of carbonyl (C=O) groups excluding carboxylic acids is 2. The van der Waals surface area contributed by atoms with Gasteiger partial charge < -0.3 is 10.2 Å². The molecule has 0 spiro atoms. The molecule has 0 saturated heterocycles. The number of benzene rings is 3. The highest BCUT2D eigenvalue weighted by atomic mass is 35.5. The van der Waals surface area contributed by atoms with Crippen molar-refractivity contribution in [2.45, 2.75) is 44.7 Å². The fraction of sp³-hybridized carbons (Fsp3) is 0.310. The van der Waals surface area contributed by atoms with E-state index in [2.05, 4.69) is 5.32 Å². The fourth-order valence-electron chi connectivity index (χ4n) is 4.08. The second kappa shape index (κ2) is 14.2. The van der Waals surface area contributed by atoms with Gasteiger partial charge in [-0.05, 0) is 48.7 Å². The summed E-state index contributed by atoms with van der Waals surface area (Å²) in [7, 11) is -4.22.